The highest BCUT2D eigenvalue weighted by molar-refractivity contribution is 5.94. The Labute approximate surface area is 418 Å². The van der Waals surface area contributed by atoms with Gasteiger partial charge in [0, 0.05) is 39.0 Å². The normalized spacial score (nSPS) is 14.8. The lowest BCUT2D eigenvalue weighted by molar-refractivity contribution is 0.436. The maximum Gasteiger partial charge on any atom is 0.132 e. The number of para-hydroxylation sites is 2. The molecule has 4 aliphatic rings. The minimum atomic E-state index is -0.588. The van der Waals surface area contributed by atoms with E-state index in [0.29, 0.717) is 0 Å². The van der Waals surface area contributed by atoms with Gasteiger partial charge < -0.3 is 9.64 Å². The molecule has 0 N–H and O–H groups in total. The minimum absolute atomic E-state index is 0.228. The van der Waals surface area contributed by atoms with E-state index in [1.807, 2.05) is 13.8 Å². The summed E-state index contributed by atoms with van der Waals surface area (Å²) in [5.41, 5.74) is 25.3. The van der Waals surface area contributed by atoms with E-state index in [2.05, 4.69) is 257 Å². The molecule has 0 unspecified atom stereocenters. The van der Waals surface area contributed by atoms with E-state index in [1.165, 1.54) is 89.0 Å². The van der Waals surface area contributed by atoms with Crippen LogP contribution in [-0.4, -0.2) is 0 Å². The SMILES string of the molecule is CC.CC1(C)c2cc(-c3ccccc3)ccc2-c2ccc(N(c3ccc4c(c3)C(C)(C)c3cc(-c5ccccc5)ccc3-4)c3ccc4c(c3)C3(c5ccccc5Oc5ccccc53)c3ccccc3-4)cc21. The molecule has 71 heavy (non-hydrogen) atoms. The van der Waals surface area contributed by atoms with Crippen LogP contribution >= 0.6 is 0 Å². The first-order valence-corrected chi connectivity index (χ1v) is 25.3. The van der Waals surface area contributed by atoms with Crippen LogP contribution in [0.5, 0.6) is 11.5 Å². The second kappa shape index (κ2) is 15.9. The van der Waals surface area contributed by atoms with Crippen LogP contribution in [0.2, 0.25) is 0 Å². The van der Waals surface area contributed by atoms with Crippen LogP contribution in [0.15, 0.2) is 224 Å². The number of benzene rings is 10. The Balaban J connectivity index is 0.00000243. The van der Waals surface area contributed by atoms with Crippen molar-refractivity contribution < 1.29 is 4.74 Å². The fourth-order valence-corrected chi connectivity index (χ4v) is 12.8. The number of nitrogens with zero attached hydrogens (tertiary/aromatic N) is 1. The first-order valence-electron chi connectivity index (χ1n) is 25.3. The third-order valence-electron chi connectivity index (χ3n) is 16.1. The summed E-state index contributed by atoms with van der Waals surface area (Å²) >= 11 is 0. The van der Waals surface area contributed by atoms with Gasteiger partial charge in [0.15, 0.2) is 0 Å². The molecule has 1 aliphatic heterocycles. The van der Waals surface area contributed by atoms with E-state index in [1.54, 1.807) is 0 Å². The summed E-state index contributed by atoms with van der Waals surface area (Å²) in [7, 11) is 0. The molecule has 10 aromatic rings. The molecule has 0 aromatic heterocycles. The highest BCUT2D eigenvalue weighted by Crippen LogP contribution is 2.63. The topological polar surface area (TPSA) is 12.5 Å². The van der Waals surface area contributed by atoms with Crippen molar-refractivity contribution in [2.45, 2.75) is 57.8 Å². The van der Waals surface area contributed by atoms with Crippen LogP contribution in [0.1, 0.15) is 86.1 Å². The number of rotatable bonds is 5. The zero-order valence-electron chi connectivity index (χ0n) is 41.2. The predicted molar refractivity (Wildman–Crippen MR) is 296 cm³/mol. The maximum absolute atomic E-state index is 6.74. The maximum atomic E-state index is 6.74. The average Bonchev–Trinajstić information content (AvgIpc) is 3.93. The minimum Gasteiger partial charge on any atom is -0.457 e. The lowest BCUT2D eigenvalue weighted by atomic mass is 9.66. The number of hydrogen-bond donors (Lipinski definition) is 0. The Kier molecular flexibility index (Phi) is 9.61. The summed E-state index contributed by atoms with van der Waals surface area (Å²) in [6.07, 6.45) is 0. The third kappa shape index (κ3) is 6.13. The Hall–Kier alpha value is -8.20. The molecule has 0 amide bonds. The zero-order chi connectivity index (χ0) is 48.2. The van der Waals surface area contributed by atoms with Gasteiger partial charge in [-0.1, -0.05) is 205 Å². The summed E-state index contributed by atoms with van der Waals surface area (Å²) in [5, 5.41) is 0. The number of hydrogen-bond acceptors (Lipinski definition) is 2. The van der Waals surface area contributed by atoms with Gasteiger partial charge in [0.1, 0.15) is 11.5 Å². The average molecular weight is 914 g/mol. The van der Waals surface area contributed by atoms with E-state index in [0.717, 1.165) is 39.7 Å². The fraction of sp³-hybridized carbons (Fsp3) is 0.130. The largest absolute Gasteiger partial charge is 0.457 e. The fourth-order valence-electron chi connectivity index (χ4n) is 12.8. The van der Waals surface area contributed by atoms with E-state index in [9.17, 15) is 0 Å². The third-order valence-corrected chi connectivity index (χ3v) is 16.1. The number of anilines is 3. The summed E-state index contributed by atoms with van der Waals surface area (Å²) in [4.78, 5) is 2.53. The zero-order valence-corrected chi connectivity index (χ0v) is 41.2. The van der Waals surface area contributed by atoms with Crippen LogP contribution in [0.25, 0.3) is 55.6 Å². The molecule has 0 saturated carbocycles. The van der Waals surface area contributed by atoms with Gasteiger partial charge >= 0.3 is 0 Å². The Morgan fingerprint density at radius 3 is 1.08 bits per heavy atom. The lowest BCUT2D eigenvalue weighted by Gasteiger charge is -2.39. The molecule has 342 valence electrons. The quantitative estimate of drug-likeness (QED) is 0.171. The smallest absolute Gasteiger partial charge is 0.132 e. The molecule has 0 radical (unpaired) electrons. The lowest BCUT2D eigenvalue weighted by Crippen LogP contribution is -2.32. The molecule has 14 rings (SSSR count). The molecule has 3 aliphatic carbocycles. The van der Waals surface area contributed by atoms with Crippen LogP contribution in [0.4, 0.5) is 17.1 Å². The number of ether oxygens (including phenoxy) is 1. The predicted octanol–water partition coefficient (Wildman–Crippen LogP) is 18.6. The highest BCUT2D eigenvalue weighted by Gasteiger charge is 2.51. The Bertz CT molecular complexity index is 3570. The first-order chi connectivity index (χ1) is 34.7. The molecule has 0 fully saturated rings. The van der Waals surface area contributed by atoms with Crippen LogP contribution in [-0.2, 0) is 16.2 Å². The number of fused-ring (bicyclic) bond motifs is 15. The summed E-state index contributed by atoms with van der Waals surface area (Å²) < 4.78 is 6.74. The summed E-state index contributed by atoms with van der Waals surface area (Å²) in [5.74, 6) is 1.79. The standard InChI is InChI=1S/C67H49NO.C2H6/c1-65(2)58-37-44(42-17-7-5-8-18-42)27-32-50(58)52-34-29-46(39-60(52)65)68(47-30-35-53-51-33-28-45(43-19-9-6-10-20-43)38-59(51)66(3,4)61(53)40-47)48-31-36-54-49-21-11-12-22-55(49)67(62(54)41-48)56-23-13-15-25-63(56)69-64-26-16-14-24-57(64)67;1-2/h5-41H,1-4H3;1-2H3. The van der Waals surface area contributed by atoms with Crippen molar-refractivity contribution >= 4 is 17.1 Å². The van der Waals surface area contributed by atoms with Crippen molar-refractivity contribution in [2.75, 3.05) is 4.90 Å². The molecule has 10 aromatic carbocycles. The van der Waals surface area contributed by atoms with Crippen molar-refractivity contribution in [2.24, 2.45) is 0 Å². The van der Waals surface area contributed by atoms with Gasteiger partial charge in [-0.05, 0) is 150 Å². The van der Waals surface area contributed by atoms with Crippen LogP contribution < -0.4 is 9.64 Å². The second-order valence-corrected chi connectivity index (χ2v) is 20.4. The van der Waals surface area contributed by atoms with E-state index in [4.69, 9.17) is 4.74 Å². The van der Waals surface area contributed by atoms with Crippen molar-refractivity contribution in [3.05, 3.63) is 269 Å². The van der Waals surface area contributed by atoms with Gasteiger partial charge in [-0.3, -0.25) is 0 Å². The summed E-state index contributed by atoms with van der Waals surface area (Å²) in [6, 6.07) is 83.6. The monoisotopic (exact) mass is 913 g/mol. The van der Waals surface area contributed by atoms with Crippen LogP contribution in [0, 0.1) is 0 Å². The van der Waals surface area contributed by atoms with Crippen LogP contribution in [0.3, 0.4) is 0 Å². The highest BCUT2D eigenvalue weighted by atomic mass is 16.5. The molecule has 1 spiro atoms. The van der Waals surface area contributed by atoms with E-state index in [-0.39, 0.29) is 10.8 Å². The molecule has 0 saturated heterocycles. The summed E-state index contributed by atoms with van der Waals surface area (Å²) in [6.45, 7) is 13.6. The van der Waals surface area contributed by atoms with Crippen molar-refractivity contribution in [3.63, 3.8) is 0 Å². The van der Waals surface area contributed by atoms with Gasteiger partial charge in [0.2, 0.25) is 0 Å². The van der Waals surface area contributed by atoms with Gasteiger partial charge in [-0.25, -0.2) is 0 Å². The van der Waals surface area contributed by atoms with Gasteiger partial charge in [0.25, 0.3) is 0 Å². The molecular weight excluding hydrogens is 859 g/mol. The van der Waals surface area contributed by atoms with Gasteiger partial charge in [0.05, 0.1) is 5.41 Å². The van der Waals surface area contributed by atoms with Crippen molar-refractivity contribution in [1.29, 1.82) is 0 Å². The molecule has 0 atom stereocenters. The Morgan fingerprint density at radius 1 is 0.282 bits per heavy atom. The Morgan fingerprint density at radius 2 is 0.620 bits per heavy atom. The van der Waals surface area contributed by atoms with Gasteiger partial charge in [-0.2, -0.15) is 0 Å². The molecule has 2 nitrogen and oxygen atoms in total. The molecule has 1 heterocycles. The molecule has 2 heteroatoms. The van der Waals surface area contributed by atoms with E-state index < -0.39 is 5.41 Å². The first kappa shape index (κ1) is 42.9. The van der Waals surface area contributed by atoms with Crippen molar-refractivity contribution in [3.8, 4) is 67.1 Å². The molecule has 0 bridgehead atoms. The molecular formula is C69H55NO. The second-order valence-electron chi connectivity index (χ2n) is 20.4. The van der Waals surface area contributed by atoms with Gasteiger partial charge in [-0.15, -0.1) is 0 Å². The van der Waals surface area contributed by atoms with Crippen molar-refractivity contribution in [1.82, 2.24) is 0 Å². The van der Waals surface area contributed by atoms with E-state index >= 15 is 0 Å².